The molecule has 0 aliphatic carbocycles. The van der Waals surface area contributed by atoms with Crippen LogP contribution in [0.4, 0.5) is 0 Å². The second-order valence-electron chi connectivity index (χ2n) is 2.47. The molecule has 0 amide bonds. The largest absolute Gasteiger partial charge is 0.394 e. The summed E-state index contributed by atoms with van der Waals surface area (Å²) in [7, 11) is 0. The van der Waals surface area contributed by atoms with Gasteiger partial charge in [-0.1, -0.05) is 18.7 Å². The van der Waals surface area contributed by atoms with E-state index in [1.54, 1.807) is 12.3 Å². The van der Waals surface area contributed by atoms with E-state index in [9.17, 15) is 0 Å². The number of aliphatic hydroxyl groups is 1. The third-order valence-corrected chi connectivity index (χ3v) is 1.64. The van der Waals surface area contributed by atoms with Gasteiger partial charge in [-0.25, -0.2) is 0 Å². The highest BCUT2D eigenvalue weighted by Crippen LogP contribution is 2.13. The minimum atomic E-state index is -0.417. The van der Waals surface area contributed by atoms with E-state index in [-0.39, 0.29) is 6.61 Å². The van der Waals surface area contributed by atoms with Crippen LogP contribution < -0.4 is 5.73 Å². The van der Waals surface area contributed by atoms with Crippen LogP contribution in [0, 0.1) is 0 Å². The number of nitrogens with two attached hydrogens (primary N) is 1. The van der Waals surface area contributed by atoms with Crippen LogP contribution in [-0.4, -0.2) is 16.7 Å². The first-order chi connectivity index (χ1) is 5.79. The zero-order valence-corrected chi connectivity index (χ0v) is 6.77. The minimum absolute atomic E-state index is 0.0994. The van der Waals surface area contributed by atoms with Crippen molar-refractivity contribution >= 4 is 6.08 Å². The molecule has 0 saturated carbocycles. The van der Waals surface area contributed by atoms with Crippen LogP contribution >= 0.6 is 0 Å². The van der Waals surface area contributed by atoms with Crippen molar-refractivity contribution in [3.63, 3.8) is 0 Å². The summed E-state index contributed by atoms with van der Waals surface area (Å²) in [6.45, 7) is 3.53. The zero-order valence-electron chi connectivity index (χ0n) is 6.77. The number of nitrogens with zero attached hydrogens (tertiary/aromatic N) is 1. The second kappa shape index (κ2) is 3.99. The maximum atomic E-state index is 8.81. The molecule has 1 atom stereocenters. The van der Waals surface area contributed by atoms with Crippen LogP contribution in [0.5, 0.6) is 0 Å². The normalized spacial score (nSPS) is 12.5. The van der Waals surface area contributed by atoms with Gasteiger partial charge in [0, 0.05) is 6.20 Å². The van der Waals surface area contributed by atoms with Crippen molar-refractivity contribution < 1.29 is 5.11 Å². The van der Waals surface area contributed by atoms with E-state index < -0.39 is 6.04 Å². The fourth-order valence-electron chi connectivity index (χ4n) is 0.999. The summed E-state index contributed by atoms with van der Waals surface area (Å²) in [5.41, 5.74) is 7.17. The van der Waals surface area contributed by atoms with E-state index in [4.69, 9.17) is 10.8 Å². The van der Waals surface area contributed by atoms with Crippen LogP contribution in [0.25, 0.3) is 6.08 Å². The van der Waals surface area contributed by atoms with Gasteiger partial charge in [-0.15, -0.1) is 0 Å². The average molecular weight is 164 g/mol. The zero-order chi connectivity index (χ0) is 8.97. The second-order valence-corrected chi connectivity index (χ2v) is 2.47. The topological polar surface area (TPSA) is 59.1 Å². The van der Waals surface area contributed by atoms with Gasteiger partial charge in [-0.2, -0.15) is 0 Å². The van der Waals surface area contributed by atoms with Crippen molar-refractivity contribution in [2.24, 2.45) is 5.73 Å². The summed E-state index contributed by atoms with van der Waals surface area (Å²) in [5, 5.41) is 8.81. The lowest BCUT2D eigenvalue weighted by molar-refractivity contribution is 0.265. The summed E-state index contributed by atoms with van der Waals surface area (Å²) < 4.78 is 0. The van der Waals surface area contributed by atoms with E-state index in [1.807, 2.05) is 12.1 Å². The molecule has 0 spiro atoms. The van der Waals surface area contributed by atoms with E-state index in [1.165, 1.54) is 0 Å². The molecular formula is C9H12N2O. The number of aliphatic hydroxyl groups excluding tert-OH is 1. The van der Waals surface area contributed by atoms with Crippen molar-refractivity contribution in [1.82, 2.24) is 4.98 Å². The third-order valence-electron chi connectivity index (χ3n) is 1.64. The van der Waals surface area contributed by atoms with Gasteiger partial charge in [-0.3, -0.25) is 4.98 Å². The summed E-state index contributed by atoms with van der Waals surface area (Å²) in [4.78, 5) is 4.06. The molecule has 1 rings (SSSR count). The summed E-state index contributed by atoms with van der Waals surface area (Å²) >= 11 is 0. The molecule has 0 saturated heterocycles. The van der Waals surface area contributed by atoms with Gasteiger partial charge in [0.05, 0.1) is 18.3 Å². The lowest BCUT2D eigenvalue weighted by atomic mass is 10.1. The molecule has 0 radical (unpaired) electrons. The molecule has 1 aromatic heterocycles. The van der Waals surface area contributed by atoms with Crippen molar-refractivity contribution in [3.05, 3.63) is 36.2 Å². The number of aromatic nitrogens is 1. The SMILES string of the molecule is C=Cc1cccnc1[C@H](N)CO. The van der Waals surface area contributed by atoms with Crippen molar-refractivity contribution in [2.75, 3.05) is 6.61 Å². The lowest BCUT2D eigenvalue weighted by Crippen LogP contribution is -2.17. The Labute approximate surface area is 71.6 Å². The Morgan fingerprint density at radius 3 is 3.08 bits per heavy atom. The number of hydrogen-bond acceptors (Lipinski definition) is 3. The maximum Gasteiger partial charge on any atom is 0.0711 e. The smallest absolute Gasteiger partial charge is 0.0711 e. The highest BCUT2D eigenvalue weighted by atomic mass is 16.3. The molecule has 0 aliphatic rings. The Hall–Kier alpha value is -1.19. The van der Waals surface area contributed by atoms with Crippen LogP contribution in [0.15, 0.2) is 24.9 Å². The summed E-state index contributed by atoms with van der Waals surface area (Å²) in [6.07, 6.45) is 3.33. The molecule has 0 unspecified atom stereocenters. The standard InChI is InChI=1S/C9H12N2O/c1-2-7-4-3-5-11-9(7)8(10)6-12/h2-5,8,12H,1,6,10H2/t8-/m1/s1. The fourth-order valence-corrected chi connectivity index (χ4v) is 0.999. The quantitative estimate of drug-likeness (QED) is 0.692. The lowest BCUT2D eigenvalue weighted by Gasteiger charge is -2.09. The van der Waals surface area contributed by atoms with E-state index in [0.717, 1.165) is 5.56 Å². The van der Waals surface area contributed by atoms with Gasteiger partial charge < -0.3 is 10.8 Å². The molecule has 1 aromatic rings. The molecule has 3 nitrogen and oxygen atoms in total. The van der Waals surface area contributed by atoms with E-state index in [0.29, 0.717) is 5.69 Å². The molecule has 12 heavy (non-hydrogen) atoms. The van der Waals surface area contributed by atoms with E-state index >= 15 is 0 Å². The number of pyridine rings is 1. The monoisotopic (exact) mass is 164 g/mol. The Balaban J connectivity index is 3.04. The molecule has 0 bridgehead atoms. The minimum Gasteiger partial charge on any atom is -0.394 e. The molecule has 3 N–H and O–H groups in total. The molecule has 0 fully saturated rings. The average Bonchev–Trinajstić information content (AvgIpc) is 2.16. The van der Waals surface area contributed by atoms with Gasteiger partial charge in [0.2, 0.25) is 0 Å². The molecule has 1 heterocycles. The molecule has 64 valence electrons. The van der Waals surface area contributed by atoms with Gasteiger partial charge in [0.15, 0.2) is 0 Å². The van der Waals surface area contributed by atoms with Gasteiger partial charge in [-0.05, 0) is 11.6 Å². The Kier molecular flexibility index (Phi) is 2.96. The third kappa shape index (κ3) is 1.69. The van der Waals surface area contributed by atoms with Crippen molar-refractivity contribution in [1.29, 1.82) is 0 Å². The molecule has 0 aromatic carbocycles. The van der Waals surface area contributed by atoms with Crippen LogP contribution in [0.2, 0.25) is 0 Å². The number of rotatable bonds is 3. The highest BCUT2D eigenvalue weighted by Gasteiger charge is 2.08. The van der Waals surface area contributed by atoms with Crippen molar-refractivity contribution in [2.45, 2.75) is 6.04 Å². The first-order valence-electron chi connectivity index (χ1n) is 3.73. The summed E-state index contributed by atoms with van der Waals surface area (Å²) in [6, 6.07) is 3.26. The van der Waals surface area contributed by atoms with Gasteiger partial charge in [0.1, 0.15) is 0 Å². The number of hydrogen-bond donors (Lipinski definition) is 2. The highest BCUT2D eigenvalue weighted by molar-refractivity contribution is 5.50. The van der Waals surface area contributed by atoms with Crippen LogP contribution in [-0.2, 0) is 0 Å². The van der Waals surface area contributed by atoms with E-state index in [2.05, 4.69) is 11.6 Å². The Morgan fingerprint density at radius 1 is 1.75 bits per heavy atom. The van der Waals surface area contributed by atoms with Crippen LogP contribution in [0.3, 0.4) is 0 Å². The first-order valence-corrected chi connectivity index (χ1v) is 3.73. The molecular weight excluding hydrogens is 152 g/mol. The molecule has 3 heteroatoms. The fraction of sp³-hybridized carbons (Fsp3) is 0.222. The predicted molar refractivity (Wildman–Crippen MR) is 48.3 cm³/mol. The predicted octanol–water partition coefficient (Wildman–Crippen LogP) is 0.717. The van der Waals surface area contributed by atoms with Gasteiger partial charge >= 0.3 is 0 Å². The van der Waals surface area contributed by atoms with Gasteiger partial charge in [0.25, 0.3) is 0 Å². The maximum absolute atomic E-state index is 8.81. The summed E-state index contributed by atoms with van der Waals surface area (Å²) in [5.74, 6) is 0. The molecule has 0 aliphatic heterocycles. The van der Waals surface area contributed by atoms with Crippen LogP contribution in [0.1, 0.15) is 17.3 Å². The van der Waals surface area contributed by atoms with Crippen molar-refractivity contribution in [3.8, 4) is 0 Å². The Bertz CT molecular complexity index is 273. The first kappa shape index (κ1) is 8.90. The Morgan fingerprint density at radius 2 is 2.50 bits per heavy atom.